The molecule has 0 radical (unpaired) electrons. The zero-order valence-electron chi connectivity index (χ0n) is 17.6. The second-order valence-corrected chi connectivity index (χ2v) is 10.9. The van der Waals surface area contributed by atoms with Gasteiger partial charge in [0.15, 0.2) is 11.4 Å². The lowest BCUT2D eigenvalue weighted by molar-refractivity contribution is -0.190. The number of carbonyl (C=O) groups is 2. The first kappa shape index (κ1) is 19.0. The molecule has 1 heterocycles. The summed E-state index contributed by atoms with van der Waals surface area (Å²) in [6, 6.07) is 0. The average molecular weight is 391 g/mol. The van der Waals surface area contributed by atoms with Crippen molar-refractivity contribution in [3.63, 3.8) is 0 Å². The molecule has 1 saturated heterocycles. The third-order valence-electron chi connectivity index (χ3n) is 10.1. The molecule has 4 aliphatic carbocycles. The van der Waals surface area contributed by atoms with E-state index in [1.54, 1.807) is 6.92 Å². The molecule has 0 aromatic heterocycles. The molecule has 1 aliphatic heterocycles. The van der Waals surface area contributed by atoms with Gasteiger partial charge in [0.1, 0.15) is 5.60 Å². The van der Waals surface area contributed by atoms with Crippen LogP contribution in [0.15, 0.2) is 0 Å². The molecule has 28 heavy (non-hydrogen) atoms. The highest BCUT2D eigenvalue weighted by molar-refractivity contribution is 5.89. The molecule has 5 nitrogen and oxygen atoms in total. The Balaban J connectivity index is 1.51. The minimum atomic E-state index is -0.961. The summed E-state index contributed by atoms with van der Waals surface area (Å²) in [5.41, 5.74) is -1.25. The van der Waals surface area contributed by atoms with Crippen LogP contribution in [0.1, 0.15) is 79.1 Å². The molecule has 4 saturated carbocycles. The van der Waals surface area contributed by atoms with Gasteiger partial charge in [-0.15, -0.1) is 0 Å². The van der Waals surface area contributed by atoms with Gasteiger partial charge in [0.2, 0.25) is 0 Å². The number of fused-ring (bicyclic) bond motifs is 4. The van der Waals surface area contributed by atoms with Gasteiger partial charge in [0, 0.05) is 24.2 Å². The first-order valence-corrected chi connectivity index (χ1v) is 11.2. The Morgan fingerprint density at radius 3 is 2.32 bits per heavy atom. The van der Waals surface area contributed by atoms with Gasteiger partial charge in [0.05, 0.1) is 12.2 Å². The zero-order chi connectivity index (χ0) is 20.1. The lowest BCUT2D eigenvalue weighted by atomic mass is 9.44. The van der Waals surface area contributed by atoms with E-state index >= 15 is 0 Å². The number of aliphatic hydroxyl groups excluding tert-OH is 1. The fourth-order valence-corrected chi connectivity index (χ4v) is 8.72. The summed E-state index contributed by atoms with van der Waals surface area (Å²) in [7, 11) is 0. The summed E-state index contributed by atoms with van der Waals surface area (Å²) < 4.78 is 12.2. The quantitative estimate of drug-likeness (QED) is 0.578. The van der Waals surface area contributed by atoms with Crippen molar-refractivity contribution in [1.82, 2.24) is 0 Å². The van der Waals surface area contributed by atoms with E-state index in [4.69, 9.17) is 9.47 Å². The second kappa shape index (κ2) is 5.60. The van der Waals surface area contributed by atoms with Gasteiger partial charge in [-0.25, -0.2) is 0 Å². The van der Waals surface area contributed by atoms with Crippen molar-refractivity contribution in [2.24, 2.45) is 28.6 Å². The number of hydrogen-bond donors (Lipinski definition) is 1. The van der Waals surface area contributed by atoms with Gasteiger partial charge in [-0.1, -0.05) is 13.8 Å². The Bertz CT molecular complexity index is 735. The molecule has 5 aliphatic rings. The Hall–Kier alpha value is -0.940. The molecule has 0 aromatic rings. The molecule has 5 rings (SSSR count). The van der Waals surface area contributed by atoms with Crippen LogP contribution >= 0.6 is 0 Å². The molecule has 9 atom stereocenters. The van der Waals surface area contributed by atoms with Crippen LogP contribution < -0.4 is 0 Å². The predicted octanol–water partition coefficient (Wildman–Crippen LogP) is 3.41. The Labute approximate surface area is 167 Å². The molecule has 5 heteroatoms. The van der Waals surface area contributed by atoms with Gasteiger partial charge < -0.3 is 14.6 Å². The highest BCUT2D eigenvalue weighted by atomic mass is 16.6. The minimum absolute atomic E-state index is 0.00554. The van der Waals surface area contributed by atoms with Crippen molar-refractivity contribution in [1.29, 1.82) is 0 Å². The summed E-state index contributed by atoms with van der Waals surface area (Å²) in [6.07, 6.45) is 7.29. The van der Waals surface area contributed by atoms with E-state index in [1.165, 1.54) is 6.92 Å². The van der Waals surface area contributed by atoms with Crippen LogP contribution in [0.5, 0.6) is 0 Å². The molecule has 0 aromatic carbocycles. The van der Waals surface area contributed by atoms with Crippen LogP contribution in [0, 0.1) is 28.6 Å². The average Bonchev–Trinajstić information content (AvgIpc) is 3.21. The molecule has 1 N–H and O–H groups in total. The maximum atomic E-state index is 12.8. The van der Waals surface area contributed by atoms with Gasteiger partial charge >= 0.3 is 5.97 Å². The highest BCUT2D eigenvalue weighted by Crippen LogP contribution is 2.74. The van der Waals surface area contributed by atoms with Gasteiger partial charge in [-0.05, 0) is 69.6 Å². The van der Waals surface area contributed by atoms with Crippen molar-refractivity contribution in [2.75, 3.05) is 0 Å². The van der Waals surface area contributed by atoms with Gasteiger partial charge in [0.25, 0.3) is 0 Å². The molecule has 0 bridgehead atoms. The first-order chi connectivity index (χ1) is 13.1. The summed E-state index contributed by atoms with van der Waals surface area (Å²) in [6.45, 7) is 7.63. The maximum Gasteiger partial charge on any atom is 0.303 e. The van der Waals surface area contributed by atoms with Crippen molar-refractivity contribution in [3.05, 3.63) is 0 Å². The van der Waals surface area contributed by atoms with Crippen LogP contribution in [-0.4, -0.2) is 40.3 Å². The predicted molar refractivity (Wildman–Crippen MR) is 102 cm³/mol. The first-order valence-electron chi connectivity index (χ1n) is 11.2. The van der Waals surface area contributed by atoms with Gasteiger partial charge in [-0.3, -0.25) is 9.59 Å². The van der Waals surface area contributed by atoms with E-state index in [1.807, 2.05) is 0 Å². The molecule has 5 fully saturated rings. The Morgan fingerprint density at radius 1 is 1.00 bits per heavy atom. The third-order valence-corrected chi connectivity index (χ3v) is 10.1. The molecule has 156 valence electrons. The highest BCUT2D eigenvalue weighted by Gasteiger charge is 2.77. The van der Waals surface area contributed by atoms with E-state index < -0.39 is 5.60 Å². The zero-order valence-corrected chi connectivity index (χ0v) is 17.6. The lowest BCUT2D eigenvalue weighted by Gasteiger charge is -2.60. The number of rotatable bonds is 2. The standard InChI is InChI=1S/C23H34O5/c1-13(24)22(27-14(2)25)10-7-18-16-11-19-23(28-19)12-15(26)5-8-21(23,4)17(16)6-9-20(18,22)3/h15-19,26H,5-12H2,1-4H3/t15-,16-,17-,18-,19+,20-,21-,22+,23+/m1/s1. The number of ether oxygens (including phenoxy) is 2. The van der Waals surface area contributed by atoms with E-state index in [-0.39, 0.29) is 40.4 Å². The van der Waals surface area contributed by atoms with Crippen LogP contribution in [0.25, 0.3) is 0 Å². The van der Waals surface area contributed by atoms with Crippen molar-refractivity contribution >= 4 is 11.8 Å². The van der Waals surface area contributed by atoms with E-state index in [0.717, 1.165) is 44.9 Å². The summed E-state index contributed by atoms with van der Waals surface area (Å²) in [4.78, 5) is 24.7. The number of esters is 1. The summed E-state index contributed by atoms with van der Waals surface area (Å²) in [5.74, 6) is 1.13. The van der Waals surface area contributed by atoms with Crippen molar-refractivity contribution in [3.8, 4) is 0 Å². The fourth-order valence-electron chi connectivity index (χ4n) is 8.72. The number of Topliss-reactive ketones (excluding diaryl/α,β-unsaturated/α-hetero) is 1. The topological polar surface area (TPSA) is 76.1 Å². The second-order valence-electron chi connectivity index (χ2n) is 10.9. The molecule has 0 amide bonds. The SMILES string of the molecule is CC(=O)O[C@]1(C(C)=O)CC[C@@H]2[C@@H]3C[C@@H]4O[C@@]45C[C@H](O)CC[C@]5(C)[C@@H]3CC[C@]21C. The van der Waals surface area contributed by atoms with Gasteiger partial charge in [-0.2, -0.15) is 0 Å². The maximum absolute atomic E-state index is 12.8. The Morgan fingerprint density at radius 2 is 1.64 bits per heavy atom. The van der Waals surface area contributed by atoms with Crippen molar-refractivity contribution < 1.29 is 24.2 Å². The number of carbonyl (C=O) groups excluding carboxylic acids is 2. The van der Waals surface area contributed by atoms with Crippen molar-refractivity contribution in [2.45, 2.75) is 102 Å². The largest absolute Gasteiger partial charge is 0.451 e. The molecular formula is C23H34O5. The monoisotopic (exact) mass is 390 g/mol. The summed E-state index contributed by atoms with van der Waals surface area (Å²) in [5, 5.41) is 10.3. The number of hydrogen-bond acceptors (Lipinski definition) is 5. The Kier molecular flexibility index (Phi) is 3.81. The number of aliphatic hydroxyl groups is 1. The van der Waals surface area contributed by atoms with Crippen LogP contribution in [0.4, 0.5) is 0 Å². The normalized spacial score (nSPS) is 56.7. The smallest absolute Gasteiger partial charge is 0.303 e. The third kappa shape index (κ3) is 2.05. The van der Waals surface area contributed by atoms with Crippen LogP contribution in [0.2, 0.25) is 0 Å². The van der Waals surface area contributed by atoms with Crippen LogP contribution in [0.3, 0.4) is 0 Å². The summed E-state index contributed by atoms with van der Waals surface area (Å²) >= 11 is 0. The minimum Gasteiger partial charge on any atom is -0.451 e. The fraction of sp³-hybridized carbons (Fsp3) is 0.913. The van der Waals surface area contributed by atoms with E-state index in [0.29, 0.717) is 24.2 Å². The van der Waals surface area contributed by atoms with E-state index in [9.17, 15) is 14.7 Å². The van der Waals surface area contributed by atoms with Crippen LogP contribution in [-0.2, 0) is 19.1 Å². The van der Waals surface area contributed by atoms with E-state index in [2.05, 4.69) is 13.8 Å². The molecular weight excluding hydrogens is 356 g/mol. The molecule has 1 spiro atoms. The molecule has 0 unspecified atom stereocenters. The number of epoxide rings is 1. The lowest BCUT2D eigenvalue weighted by Crippen LogP contribution is -2.61. The number of ketones is 1.